The minimum Gasteiger partial charge on any atom is -0.502 e. The molecule has 0 aliphatic rings. The van der Waals surface area contributed by atoms with Crippen molar-refractivity contribution < 1.29 is 27.8 Å². The summed E-state index contributed by atoms with van der Waals surface area (Å²) in [6.07, 6.45) is 0. The molecule has 0 unspecified atom stereocenters. The van der Waals surface area contributed by atoms with Crippen LogP contribution in [0.5, 0.6) is 11.5 Å². The third kappa shape index (κ3) is 3.51. The zero-order chi connectivity index (χ0) is 15.4. The van der Waals surface area contributed by atoms with Crippen LogP contribution in [-0.2, 0) is 0 Å². The molecule has 0 amide bonds. The number of benzene rings is 2. The Bertz CT molecular complexity index is 509. The molecule has 0 saturated carbocycles. The molecule has 0 fully saturated rings. The lowest BCUT2D eigenvalue weighted by molar-refractivity contribution is 0.318. The SMILES string of the molecule is Oc1c(O)c(F)c(F)c(F)c1F.Sc1ccccc1S. The summed E-state index contributed by atoms with van der Waals surface area (Å²) in [5.74, 6) is -11.7. The van der Waals surface area contributed by atoms with E-state index in [1.165, 1.54) is 0 Å². The molecule has 0 aromatic heterocycles. The van der Waals surface area contributed by atoms with Crippen LogP contribution in [0.25, 0.3) is 0 Å². The van der Waals surface area contributed by atoms with Crippen LogP contribution in [0.4, 0.5) is 17.6 Å². The summed E-state index contributed by atoms with van der Waals surface area (Å²) in [5.41, 5.74) is 0. The second kappa shape index (κ2) is 6.76. The monoisotopic (exact) mass is 324 g/mol. The van der Waals surface area contributed by atoms with Gasteiger partial charge in [-0.2, -0.15) is 8.78 Å². The zero-order valence-electron chi connectivity index (χ0n) is 9.61. The second-order valence-corrected chi connectivity index (χ2v) is 4.41. The number of phenolic OH excluding ortho intramolecular Hbond substituents is 2. The molecule has 2 rings (SSSR count). The van der Waals surface area contributed by atoms with Crippen molar-refractivity contribution in [3.05, 3.63) is 47.5 Å². The van der Waals surface area contributed by atoms with Crippen LogP contribution in [0.2, 0.25) is 0 Å². The Morgan fingerprint density at radius 2 is 0.950 bits per heavy atom. The van der Waals surface area contributed by atoms with Crippen molar-refractivity contribution in [2.45, 2.75) is 9.79 Å². The van der Waals surface area contributed by atoms with Gasteiger partial charge in [0.1, 0.15) is 0 Å². The summed E-state index contributed by atoms with van der Waals surface area (Å²) in [5, 5.41) is 16.8. The predicted molar refractivity (Wildman–Crippen MR) is 70.5 cm³/mol. The van der Waals surface area contributed by atoms with Crippen molar-refractivity contribution in [3.8, 4) is 11.5 Å². The highest BCUT2D eigenvalue weighted by Gasteiger charge is 2.24. The lowest BCUT2D eigenvalue weighted by Crippen LogP contribution is -1.96. The van der Waals surface area contributed by atoms with Crippen LogP contribution < -0.4 is 0 Å². The molecule has 0 bridgehead atoms. The van der Waals surface area contributed by atoms with E-state index in [1.807, 2.05) is 24.3 Å². The van der Waals surface area contributed by atoms with Gasteiger partial charge in [-0.25, -0.2) is 8.78 Å². The van der Waals surface area contributed by atoms with Crippen molar-refractivity contribution in [1.82, 2.24) is 0 Å². The smallest absolute Gasteiger partial charge is 0.207 e. The molecule has 20 heavy (non-hydrogen) atoms. The molecule has 0 saturated heterocycles. The van der Waals surface area contributed by atoms with E-state index in [2.05, 4.69) is 25.3 Å². The molecule has 2 aromatic carbocycles. The predicted octanol–water partition coefficient (Wildman–Crippen LogP) is 3.92. The lowest BCUT2D eigenvalue weighted by Gasteiger charge is -2.02. The highest BCUT2D eigenvalue weighted by atomic mass is 32.1. The van der Waals surface area contributed by atoms with Gasteiger partial charge in [-0.3, -0.25) is 0 Å². The van der Waals surface area contributed by atoms with Crippen molar-refractivity contribution >= 4 is 25.3 Å². The number of halogens is 4. The number of hydrogen-bond acceptors (Lipinski definition) is 4. The molecule has 8 heteroatoms. The van der Waals surface area contributed by atoms with E-state index in [0.717, 1.165) is 9.79 Å². The summed E-state index contributed by atoms with van der Waals surface area (Å²) in [4.78, 5) is 1.85. The van der Waals surface area contributed by atoms with Gasteiger partial charge in [-0.1, -0.05) is 12.1 Å². The maximum absolute atomic E-state index is 12.2. The molecular formula is C12H8F4O2S2. The quantitative estimate of drug-likeness (QED) is 0.195. The standard InChI is InChI=1S/C6H2F4O2.C6H6S2/c7-1-2(8)4(10)6(12)5(11)3(1)9;7-5-3-1-2-4-6(5)8/h11-12H;1-4,7-8H. The van der Waals surface area contributed by atoms with Gasteiger partial charge in [0, 0.05) is 9.79 Å². The first-order valence-corrected chi connectivity index (χ1v) is 5.87. The summed E-state index contributed by atoms with van der Waals surface area (Å²) in [6, 6.07) is 7.68. The van der Waals surface area contributed by atoms with E-state index >= 15 is 0 Å². The first-order valence-electron chi connectivity index (χ1n) is 4.98. The second-order valence-electron chi connectivity index (χ2n) is 3.44. The Morgan fingerprint density at radius 1 is 0.650 bits per heavy atom. The van der Waals surface area contributed by atoms with E-state index in [1.54, 1.807) is 0 Å². The van der Waals surface area contributed by atoms with Gasteiger partial charge in [-0.15, -0.1) is 25.3 Å². The normalized spacial score (nSPS) is 9.90. The Balaban J connectivity index is 0.000000217. The zero-order valence-corrected chi connectivity index (χ0v) is 11.4. The number of phenols is 2. The number of hydrogen-bond donors (Lipinski definition) is 4. The van der Waals surface area contributed by atoms with Crippen LogP contribution in [0.3, 0.4) is 0 Å². The van der Waals surface area contributed by atoms with E-state index in [0.29, 0.717) is 0 Å². The topological polar surface area (TPSA) is 40.5 Å². The van der Waals surface area contributed by atoms with Gasteiger partial charge in [0.15, 0.2) is 0 Å². The number of thiol groups is 2. The first kappa shape index (κ1) is 16.5. The van der Waals surface area contributed by atoms with Crippen LogP contribution >= 0.6 is 25.3 Å². The average molecular weight is 324 g/mol. The molecular weight excluding hydrogens is 316 g/mol. The fourth-order valence-corrected chi connectivity index (χ4v) is 1.39. The third-order valence-corrected chi connectivity index (χ3v) is 3.06. The van der Waals surface area contributed by atoms with Crippen LogP contribution in [0.15, 0.2) is 34.1 Å². The fourth-order valence-electron chi connectivity index (χ4n) is 1.07. The Morgan fingerprint density at radius 3 is 1.20 bits per heavy atom. The Kier molecular flexibility index (Phi) is 5.58. The van der Waals surface area contributed by atoms with Crippen LogP contribution in [0, 0.1) is 23.3 Å². The van der Waals surface area contributed by atoms with Crippen LogP contribution in [-0.4, -0.2) is 10.2 Å². The van der Waals surface area contributed by atoms with E-state index < -0.39 is 34.8 Å². The summed E-state index contributed by atoms with van der Waals surface area (Å²) >= 11 is 8.24. The average Bonchev–Trinajstić information content (AvgIpc) is 2.45. The summed E-state index contributed by atoms with van der Waals surface area (Å²) < 4.78 is 48.8. The fraction of sp³-hybridized carbons (Fsp3) is 0. The first-order chi connectivity index (χ1) is 9.27. The van der Waals surface area contributed by atoms with Crippen molar-refractivity contribution in [1.29, 1.82) is 0 Å². The van der Waals surface area contributed by atoms with Gasteiger partial charge in [0.2, 0.25) is 34.8 Å². The summed E-state index contributed by atoms with van der Waals surface area (Å²) in [6.45, 7) is 0. The lowest BCUT2D eigenvalue weighted by atomic mass is 10.2. The molecule has 0 radical (unpaired) electrons. The minimum atomic E-state index is -2.16. The molecule has 108 valence electrons. The van der Waals surface area contributed by atoms with Crippen molar-refractivity contribution in [3.63, 3.8) is 0 Å². The largest absolute Gasteiger partial charge is 0.502 e. The van der Waals surface area contributed by atoms with E-state index in [-0.39, 0.29) is 0 Å². The third-order valence-electron chi connectivity index (χ3n) is 2.10. The highest BCUT2D eigenvalue weighted by molar-refractivity contribution is 7.83. The highest BCUT2D eigenvalue weighted by Crippen LogP contribution is 2.34. The van der Waals surface area contributed by atoms with Gasteiger partial charge >= 0.3 is 0 Å². The van der Waals surface area contributed by atoms with Crippen molar-refractivity contribution in [2.24, 2.45) is 0 Å². The molecule has 0 aliphatic heterocycles. The van der Waals surface area contributed by atoms with Gasteiger partial charge in [0.05, 0.1) is 0 Å². The van der Waals surface area contributed by atoms with Crippen LogP contribution in [0.1, 0.15) is 0 Å². The number of rotatable bonds is 0. The number of aromatic hydroxyl groups is 2. The van der Waals surface area contributed by atoms with Gasteiger partial charge in [0.25, 0.3) is 0 Å². The molecule has 2 N–H and O–H groups in total. The van der Waals surface area contributed by atoms with Gasteiger partial charge in [-0.05, 0) is 12.1 Å². The summed E-state index contributed by atoms with van der Waals surface area (Å²) in [7, 11) is 0. The molecule has 2 nitrogen and oxygen atoms in total. The molecule has 0 heterocycles. The van der Waals surface area contributed by atoms with Crippen molar-refractivity contribution in [2.75, 3.05) is 0 Å². The maximum Gasteiger partial charge on any atom is 0.207 e. The molecule has 0 atom stereocenters. The Hall–Kier alpha value is -1.54. The molecule has 0 spiro atoms. The minimum absolute atomic E-state index is 0.927. The molecule has 0 aliphatic carbocycles. The Labute approximate surface area is 122 Å². The van der Waals surface area contributed by atoms with E-state index in [4.69, 9.17) is 10.2 Å². The maximum atomic E-state index is 12.2. The van der Waals surface area contributed by atoms with Gasteiger partial charge < -0.3 is 10.2 Å². The molecule has 2 aromatic rings. The van der Waals surface area contributed by atoms with E-state index in [9.17, 15) is 17.6 Å².